The van der Waals surface area contributed by atoms with Crippen molar-refractivity contribution in [2.45, 2.75) is 6.61 Å². The number of alkyl halides is 2. The molecule has 0 atom stereocenters. The van der Waals surface area contributed by atoms with Gasteiger partial charge in [-0.15, -0.1) is 0 Å². The Morgan fingerprint density at radius 2 is 1.86 bits per heavy atom. The largest absolute Gasteiger partial charge is 0.478 e. The average molecular weight is 306 g/mol. The number of carbonyl (C=O) groups is 1. The highest BCUT2D eigenvalue weighted by atomic mass is 19.3. The number of nitrogens with one attached hydrogen (secondary N) is 1. The van der Waals surface area contributed by atoms with Crippen LogP contribution >= 0.6 is 0 Å². The monoisotopic (exact) mass is 306 g/mol. The number of ether oxygens (including phenoxy) is 1. The van der Waals surface area contributed by atoms with Crippen LogP contribution in [0.25, 0.3) is 0 Å². The lowest BCUT2D eigenvalue weighted by molar-refractivity contribution is -0.0498. The highest BCUT2D eigenvalue weighted by Gasteiger charge is 2.07. The zero-order valence-electron chi connectivity index (χ0n) is 11.2. The molecule has 2 aromatic rings. The van der Waals surface area contributed by atoms with Crippen LogP contribution in [0.3, 0.4) is 0 Å². The van der Waals surface area contributed by atoms with Gasteiger partial charge in [0, 0.05) is 0 Å². The van der Waals surface area contributed by atoms with E-state index >= 15 is 0 Å². The van der Waals surface area contributed by atoms with Gasteiger partial charge in [-0.3, -0.25) is 5.43 Å². The second-order valence-electron chi connectivity index (χ2n) is 4.17. The summed E-state index contributed by atoms with van der Waals surface area (Å²) in [5.74, 6) is -1.01. The number of hydrazone groups is 1. The highest BCUT2D eigenvalue weighted by molar-refractivity contribution is 5.94. The van der Waals surface area contributed by atoms with Crippen molar-refractivity contribution in [3.8, 4) is 5.75 Å². The lowest BCUT2D eigenvalue weighted by Gasteiger charge is -2.05. The lowest BCUT2D eigenvalue weighted by atomic mass is 10.2. The fraction of sp³-hybridized carbons (Fsp3) is 0.0667. The molecule has 0 aliphatic heterocycles. The van der Waals surface area contributed by atoms with Crippen molar-refractivity contribution >= 4 is 17.9 Å². The van der Waals surface area contributed by atoms with Crippen molar-refractivity contribution in [3.05, 3.63) is 59.7 Å². The van der Waals surface area contributed by atoms with Crippen LogP contribution < -0.4 is 10.2 Å². The summed E-state index contributed by atoms with van der Waals surface area (Å²) in [7, 11) is 0. The number of carboxylic acids is 1. The average Bonchev–Trinajstić information content (AvgIpc) is 2.49. The van der Waals surface area contributed by atoms with E-state index in [1.165, 1.54) is 24.4 Å². The summed E-state index contributed by atoms with van der Waals surface area (Å²) in [5.41, 5.74) is 3.72. The van der Waals surface area contributed by atoms with E-state index in [0.717, 1.165) is 0 Å². The predicted octanol–water partition coefficient (Wildman–Crippen LogP) is 3.43. The van der Waals surface area contributed by atoms with Crippen LogP contribution in [0.5, 0.6) is 5.75 Å². The standard InChI is InChI=1S/C15H12F2N2O3/c16-15(17)22-11-7-5-10(6-8-11)9-18-19-13-4-2-1-3-12(13)14(20)21/h1-9,15,19H,(H,20,21)/b18-9+. The first-order valence-electron chi connectivity index (χ1n) is 6.22. The molecule has 5 nitrogen and oxygen atoms in total. The number of aromatic carboxylic acids is 1. The minimum absolute atomic E-state index is 0.0522. The minimum Gasteiger partial charge on any atom is -0.478 e. The summed E-state index contributed by atoms with van der Waals surface area (Å²) in [5, 5.41) is 12.9. The summed E-state index contributed by atoms with van der Waals surface area (Å²) < 4.78 is 28.2. The number of benzene rings is 2. The molecule has 0 spiro atoms. The molecule has 2 rings (SSSR count). The van der Waals surface area contributed by atoms with Crippen molar-refractivity contribution in [1.82, 2.24) is 0 Å². The van der Waals surface area contributed by atoms with E-state index < -0.39 is 12.6 Å². The molecule has 0 saturated carbocycles. The Bertz CT molecular complexity index is 673. The molecular formula is C15H12F2N2O3. The van der Waals surface area contributed by atoms with Crippen LogP contribution in [0.1, 0.15) is 15.9 Å². The van der Waals surface area contributed by atoms with Gasteiger partial charge in [0.15, 0.2) is 0 Å². The molecular weight excluding hydrogens is 294 g/mol. The first kappa shape index (κ1) is 15.4. The normalized spacial score (nSPS) is 10.9. The van der Waals surface area contributed by atoms with Crippen LogP contribution in [0.15, 0.2) is 53.6 Å². The second-order valence-corrected chi connectivity index (χ2v) is 4.17. The summed E-state index contributed by atoms with van der Waals surface area (Å²) >= 11 is 0. The number of para-hydroxylation sites is 1. The van der Waals surface area contributed by atoms with Gasteiger partial charge < -0.3 is 9.84 Å². The van der Waals surface area contributed by atoms with Crippen molar-refractivity contribution in [1.29, 1.82) is 0 Å². The zero-order valence-corrected chi connectivity index (χ0v) is 11.2. The SMILES string of the molecule is O=C(O)c1ccccc1N/N=C/c1ccc(OC(F)F)cc1. The summed E-state index contributed by atoms with van der Waals surface area (Å²) in [4.78, 5) is 11.0. The Hall–Kier alpha value is -2.96. The number of hydrogen-bond donors (Lipinski definition) is 2. The molecule has 0 amide bonds. The molecule has 0 aliphatic carbocycles. The molecule has 0 fully saturated rings. The van der Waals surface area contributed by atoms with E-state index in [9.17, 15) is 13.6 Å². The van der Waals surface area contributed by atoms with Gasteiger partial charge in [-0.2, -0.15) is 13.9 Å². The van der Waals surface area contributed by atoms with Crippen molar-refractivity contribution in [2.24, 2.45) is 5.10 Å². The predicted molar refractivity (Wildman–Crippen MR) is 77.7 cm³/mol. The third-order valence-corrected chi connectivity index (χ3v) is 2.66. The molecule has 0 unspecified atom stereocenters. The Kier molecular flexibility index (Phi) is 5.02. The second kappa shape index (κ2) is 7.16. The van der Waals surface area contributed by atoms with Crippen LogP contribution in [-0.2, 0) is 0 Å². The smallest absolute Gasteiger partial charge is 0.387 e. The third kappa shape index (κ3) is 4.27. The van der Waals surface area contributed by atoms with E-state index in [1.54, 1.807) is 30.3 Å². The highest BCUT2D eigenvalue weighted by Crippen LogP contribution is 2.16. The molecule has 0 aliphatic rings. The van der Waals surface area contributed by atoms with Crippen LogP contribution in [0.4, 0.5) is 14.5 Å². The van der Waals surface area contributed by atoms with Crippen LogP contribution in [0.2, 0.25) is 0 Å². The van der Waals surface area contributed by atoms with Crippen LogP contribution in [0, 0.1) is 0 Å². The molecule has 114 valence electrons. The van der Waals surface area contributed by atoms with Gasteiger partial charge in [-0.05, 0) is 42.0 Å². The number of nitrogens with zero attached hydrogens (tertiary/aromatic N) is 1. The number of anilines is 1. The number of rotatable bonds is 6. The molecule has 7 heteroatoms. The minimum atomic E-state index is -2.87. The van der Waals surface area contributed by atoms with Gasteiger partial charge in [0.1, 0.15) is 5.75 Å². The lowest BCUT2D eigenvalue weighted by Crippen LogP contribution is -2.02. The fourth-order valence-corrected chi connectivity index (χ4v) is 1.68. The molecule has 0 heterocycles. The molecule has 0 saturated heterocycles. The zero-order chi connectivity index (χ0) is 15.9. The maximum Gasteiger partial charge on any atom is 0.387 e. The Labute approximate surface area is 124 Å². The Morgan fingerprint density at radius 1 is 1.18 bits per heavy atom. The van der Waals surface area contributed by atoms with Crippen LogP contribution in [-0.4, -0.2) is 23.9 Å². The van der Waals surface area contributed by atoms with Gasteiger partial charge in [-0.25, -0.2) is 4.79 Å². The van der Waals surface area contributed by atoms with Gasteiger partial charge in [0.05, 0.1) is 17.5 Å². The maximum atomic E-state index is 12.0. The molecule has 0 aromatic heterocycles. The maximum absolute atomic E-state index is 12.0. The molecule has 22 heavy (non-hydrogen) atoms. The third-order valence-electron chi connectivity index (χ3n) is 2.66. The van der Waals surface area contributed by atoms with E-state index in [2.05, 4.69) is 15.3 Å². The molecule has 2 N–H and O–H groups in total. The van der Waals surface area contributed by atoms with Gasteiger partial charge >= 0.3 is 12.6 Å². The Morgan fingerprint density at radius 3 is 2.50 bits per heavy atom. The summed E-state index contributed by atoms with van der Waals surface area (Å²) in [6, 6.07) is 12.2. The first-order chi connectivity index (χ1) is 10.6. The first-order valence-corrected chi connectivity index (χ1v) is 6.22. The van der Waals surface area contributed by atoms with E-state index in [-0.39, 0.29) is 11.3 Å². The number of hydrogen-bond acceptors (Lipinski definition) is 4. The van der Waals surface area contributed by atoms with Gasteiger partial charge in [0.25, 0.3) is 0 Å². The van der Waals surface area contributed by atoms with E-state index in [0.29, 0.717) is 11.3 Å². The molecule has 2 aromatic carbocycles. The van der Waals surface area contributed by atoms with Gasteiger partial charge in [0.2, 0.25) is 0 Å². The van der Waals surface area contributed by atoms with Crippen molar-refractivity contribution in [2.75, 3.05) is 5.43 Å². The van der Waals surface area contributed by atoms with Crippen molar-refractivity contribution in [3.63, 3.8) is 0 Å². The topological polar surface area (TPSA) is 70.9 Å². The number of carboxylic acid groups (broad SMARTS) is 1. The van der Waals surface area contributed by atoms with E-state index in [1.807, 2.05) is 0 Å². The van der Waals surface area contributed by atoms with Gasteiger partial charge in [-0.1, -0.05) is 12.1 Å². The summed E-state index contributed by atoms with van der Waals surface area (Å²) in [6.45, 7) is -2.87. The van der Waals surface area contributed by atoms with Crippen molar-refractivity contribution < 1.29 is 23.4 Å². The quantitative estimate of drug-likeness (QED) is 0.633. The molecule has 0 bridgehead atoms. The number of halogens is 2. The van der Waals surface area contributed by atoms with E-state index in [4.69, 9.17) is 5.11 Å². The fourth-order valence-electron chi connectivity index (χ4n) is 1.68. The molecule has 0 radical (unpaired) electrons. The summed E-state index contributed by atoms with van der Waals surface area (Å²) in [6.07, 6.45) is 1.44. The Balaban J connectivity index is 2.02.